The van der Waals surface area contributed by atoms with Gasteiger partial charge in [-0.2, -0.15) is 11.8 Å². The van der Waals surface area contributed by atoms with E-state index < -0.39 is 0 Å². The molecule has 0 amide bonds. The van der Waals surface area contributed by atoms with Crippen LogP contribution in [-0.4, -0.2) is 56.3 Å². The highest BCUT2D eigenvalue weighted by Crippen LogP contribution is 2.28. The molecule has 1 fully saturated rings. The van der Waals surface area contributed by atoms with Gasteiger partial charge in [0.2, 0.25) is 0 Å². The van der Waals surface area contributed by atoms with Crippen LogP contribution in [0.15, 0.2) is 0 Å². The molecule has 2 unspecified atom stereocenters. The van der Waals surface area contributed by atoms with Crippen molar-refractivity contribution >= 4 is 11.8 Å². The predicted octanol–water partition coefficient (Wildman–Crippen LogP) is 1.04. The van der Waals surface area contributed by atoms with Crippen molar-refractivity contribution in [1.82, 2.24) is 4.90 Å². The number of thioether (sulfide) groups is 1. The lowest BCUT2D eigenvalue weighted by molar-refractivity contribution is 0.115. The molecule has 4 heteroatoms. The summed E-state index contributed by atoms with van der Waals surface area (Å²) in [6.07, 6.45) is 3.27. The first-order valence-corrected chi connectivity index (χ1v) is 7.00. The minimum Gasteiger partial charge on any atom is -0.381 e. The maximum absolute atomic E-state index is 5.88. The quantitative estimate of drug-likeness (QED) is 0.742. The van der Waals surface area contributed by atoms with Crippen molar-refractivity contribution in [3.8, 4) is 0 Å². The zero-order valence-corrected chi connectivity index (χ0v) is 11.0. The van der Waals surface area contributed by atoms with E-state index in [1.54, 1.807) is 0 Å². The minimum atomic E-state index is 0.210. The molecule has 0 saturated carbocycles. The standard InChI is InChI=1S/C11H24N2OS/c1-10(6-15-3)13(2)8-11(7-12)4-5-14-9-11/h10H,4-9,12H2,1-3H3. The molecule has 0 spiro atoms. The van der Waals surface area contributed by atoms with Crippen molar-refractivity contribution in [2.24, 2.45) is 11.1 Å². The first kappa shape index (κ1) is 13.3. The fourth-order valence-corrected chi connectivity index (χ4v) is 2.79. The Balaban J connectivity index is 2.43. The van der Waals surface area contributed by atoms with Crippen LogP contribution < -0.4 is 5.73 Å². The highest BCUT2D eigenvalue weighted by molar-refractivity contribution is 7.98. The molecular weight excluding hydrogens is 208 g/mol. The molecule has 1 aliphatic heterocycles. The van der Waals surface area contributed by atoms with Gasteiger partial charge in [-0.1, -0.05) is 0 Å². The summed E-state index contributed by atoms with van der Waals surface area (Å²) in [5, 5.41) is 0. The monoisotopic (exact) mass is 232 g/mol. The second-order valence-corrected chi connectivity index (χ2v) is 5.64. The van der Waals surface area contributed by atoms with Gasteiger partial charge >= 0.3 is 0 Å². The van der Waals surface area contributed by atoms with Crippen LogP contribution in [0.5, 0.6) is 0 Å². The normalized spacial score (nSPS) is 28.6. The van der Waals surface area contributed by atoms with Gasteiger partial charge in [0.15, 0.2) is 0 Å². The largest absolute Gasteiger partial charge is 0.381 e. The summed E-state index contributed by atoms with van der Waals surface area (Å²) < 4.78 is 5.48. The third-order valence-electron chi connectivity index (χ3n) is 3.36. The van der Waals surface area contributed by atoms with Gasteiger partial charge in [-0.3, -0.25) is 0 Å². The molecule has 2 N–H and O–H groups in total. The molecule has 3 nitrogen and oxygen atoms in total. The highest BCUT2D eigenvalue weighted by Gasteiger charge is 2.35. The van der Waals surface area contributed by atoms with Crippen molar-refractivity contribution in [2.45, 2.75) is 19.4 Å². The number of ether oxygens (including phenoxy) is 1. The van der Waals surface area contributed by atoms with E-state index in [0.717, 1.165) is 32.7 Å². The summed E-state index contributed by atoms with van der Waals surface area (Å²) in [6, 6.07) is 0.615. The van der Waals surface area contributed by atoms with Crippen LogP contribution >= 0.6 is 11.8 Å². The Morgan fingerprint density at radius 3 is 2.80 bits per heavy atom. The molecule has 90 valence electrons. The zero-order chi connectivity index (χ0) is 11.3. The summed E-state index contributed by atoms with van der Waals surface area (Å²) in [4.78, 5) is 2.41. The maximum atomic E-state index is 5.88. The van der Waals surface area contributed by atoms with Crippen LogP contribution in [0.3, 0.4) is 0 Å². The lowest BCUT2D eigenvalue weighted by Gasteiger charge is -2.34. The van der Waals surface area contributed by atoms with Gasteiger partial charge in [-0.15, -0.1) is 0 Å². The van der Waals surface area contributed by atoms with Gasteiger partial charge in [0.05, 0.1) is 6.61 Å². The third kappa shape index (κ3) is 3.63. The van der Waals surface area contributed by atoms with E-state index in [1.807, 2.05) is 11.8 Å². The molecule has 0 aliphatic carbocycles. The molecule has 2 atom stereocenters. The van der Waals surface area contributed by atoms with E-state index in [0.29, 0.717) is 6.04 Å². The van der Waals surface area contributed by atoms with Crippen molar-refractivity contribution in [3.05, 3.63) is 0 Å². The summed E-state index contributed by atoms with van der Waals surface area (Å²) in [5.41, 5.74) is 6.09. The molecule has 1 aliphatic rings. The second kappa shape index (κ2) is 6.09. The molecule has 0 radical (unpaired) electrons. The molecule has 0 aromatic carbocycles. The van der Waals surface area contributed by atoms with Gasteiger partial charge in [0.1, 0.15) is 0 Å². The molecule has 0 aromatic heterocycles. The summed E-state index contributed by atoms with van der Waals surface area (Å²) >= 11 is 1.90. The molecule has 0 aromatic rings. The molecule has 1 heterocycles. The van der Waals surface area contributed by atoms with Gasteiger partial charge in [-0.05, 0) is 26.6 Å². The van der Waals surface area contributed by atoms with Crippen molar-refractivity contribution in [3.63, 3.8) is 0 Å². The Bertz CT molecular complexity index is 183. The summed E-state index contributed by atoms with van der Waals surface area (Å²) in [7, 11) is 2.19. The number of nitrogens with two attached hydrogens (primary N) is 1. The van der Waals surface area contributed by atoms with E-state index in [9.17, 15) is 0 Å². The predicted molar refractivity (Wildman–Crippen MR) is 67.4 cm³/mol. The molecule has 15 heavy (non-hydrogen) atoms. The van der Waals surface area contributed by atoms with Crippen molar-refractivity contribution in [1.29, 1.82) is 0 Å². The molecule has 0 bridgehead atoms. The molecular formula is C11H24N2OS. The fraction of sp³-hybridized carbons (Fsp3) is 1.00. The van der Waals surface area contributed by atoms with Crippen LogP contribution in [-0.2, 0) is 4.74 Å². The van der Waals surface area contributed by atoms with E-state index in [1.165, 1.54) is 5.75 Å². The van der Waals surface area contributed by atoms with E-state index in [4.69, 9.17) is 10.5 Å². The van der Waals surface area contributed by atoms with E-state index in [2.05, 4.69) is 25.1 Å². The smallest absolute Gasteiger partial charge is 0.0547 e. The van der Waals surface area contributed by atoms with E-state index in [-0.39, 0.29) is 5.41 Å². The first-order chi connectivity index (χ1) is 7.13. The SMILES string of the molecule is CSCC(C)N(C)CC1(CN)CCOC1. The maximum Gasteiger partial charge on any atom is 0.0547 e. The lowest BCUT2D eigenvalue weighted by atomic mass is 9.86. The zero-order valence-electron chi connectivity index (χ0n) is 10.2. The van der Waals surface area contributed by atoms with Gasteiger partial charge in [-0.25, -0.2) is 0 Å². The van der Waals surface area contributed by atoms with Gasteiger partial charge < -0.3 is 15.4 Å². The number of hydrogen-bond acceptors (Lipinski definition) is 4. The topological polar surface area (TPSA) is 38.5 Å². The first-order valence-electron chi connectivity index (χ1n) is 5.60. The average molecular weight is 232 g/mol. The van der Waals surface area contributed by atoms with Crippen LogP contribution in [0.1, 0.15) is 13.3 Å². The molecule has 1 saturated heterocycles. The van der Waals surface area contributed by atoms with Crippen LogP contribution in [0.4, 0.5) is 0 Å². The van der Waals surface area contributed by atoms with Crippen LogP contribution in [0.25, 0.3) is 0 Å². The average Bonchev–Trinajstić information content (AvgIpc) is 2.67. The summed E-state index contributed by atoms with van der Waals surface area (Å²) in [5.74, 6) is 1.18. The third-order valence-corrected chi connectivity index (χ3v) is 4.18. The number of hydrogen-bond donors (Lipinski definition) is 1. The Kier molecular flexibility index (Phi) is 5.39. The van der Waals surface area contributed by atoms with E-state index >= 15 is 0 Å². The Hall–Kier alpha value is 0.230. The van der Waals surface area contributed by atoms with Crippen LogP contribution in [0, 0.1) is 5.41 Å². The lowest BCUT2D eigenvalue weighted by Crippen LogP contribution is -2.45. The number of nitrogens with zero attached hydrogens (tertiary/aromatic N) is 1. The fourth-order valence-electron chi connectivity index (χ4n) is 2.05. The minimum absolute atomic E-state index is 0.210. The van der Waals surface area contributed by atoms with Crippen molar-refractivity contribution in [2.75, 3.05) is 45.4 Å². The Morgan fingerprint density at radius 2 is 2.33 bits per heavy atom. The molecule has 1 rings (SSSR count). The van der Waals surface area contributed by atoms with Crippen molar-refractivity contribution < 1.29 is 4.74 Å². The van der Waals surface area contributed by atoms with Crippen LogP contribution in [0.2, 0.25) is 0 Å². The Labute approximate surface area is 97.7 Å². The van der Waals surface area contributed by atoms with Gasteiger partial charge in [0, 0.05) is 36.9 Å². The highest BCUT2D eigenvalue weighted by atomic mass is 32.2. The van der Waals surface area contributed by atoms with Gasteiger partial charge in [0.25, 0.3) is 0 Å². The second-order valence-electron chi connectivity index (χ2n) is 4.73. The Morgan fingerprint density at radius 1 is 1.60 bits per heavy atom. The number of rotatable bonds is 6. The summed E-state index contributed by atoms with van der Waals surface area (Å²) in [6.45, 7) is 5.78.